The number of anilines is 2. The highest BCUT2D eigenvalue weighted by molar-refractivity contribution is 6.33. The highest BCUT2D eigenvalue weighted by Gasteiger charge is 2.60. The molecular formula is C26H18ClF3N2O4. The first kappa shape index (κ1) is 23.9. The summed E-state index contributed by atoms with van der Waals surface area (Å²) in [5.41, 5.74) is -0.185. The fourth-order valence-corrected chi connectivity index (χ4v) is 4.84. The minimum absolute atomic E-state index is 0.109. The van der Waals surface area contributed by atoms with E-state index in [1.54, 1.807) is 0 Å². The lowest BCUT2D eigenvalue weighted by Gasteiger charge is -2.20. The van der Waals surface area contributed by atoms with Gasteiger partial charge in [0.2, 0.25) is 5.91 Å². The highest BCUT2D eigenvalue weighted by atomic mass is 35.5. The Labute approximate surface area is 208 Å². The fraction of sp³-hybridized carbons (Fsp3) is 0.192. The second-order valence-corrected chi connectivity index (χ2v) is 9.22. The van der Waals surface area contributed by atoms with Crippen LogP contribution in [0.15, 0.2) is 54.6 Å². The first-order valence-corrected chi connectivity index (χ1v) is 11.4. The van der Waals surface area contributed by atoms with Crippen molar-refractivity contribution < 1.29 is 32.7 Å². The van der Waals surface area contributed by atoms with Gasteiger partial charge in [-0.25, -0.2) is 18.0 Å². The van der Waals surface area contributed by atoms with Gasteiger partial charge in [-0.3, -0.25) is 14.5 Å². The molecule has 36 heavy (non-hydrogen) atoms. The Kier molecular flexibility index (Phi) is 5.75. The summed E-state index contributed by atoms with van der Waals surface area (Å²) in [6.07, 6.45) is 0.930. The van der Waals surface area contributed by atoms with Gasteiger partial charge in [0.1, 0.15) is 11.9 Å². The van der Waals surface area contributed by atoms with Crippen LogP contribution in [0.2, 0.25) is 5.02 Å². The van der Waals surface area contributed by atoms with E-state index in [1.165, 1.54) is 42.5 Å². The average Bonchev–Trinajstić information content (AvgIpc) is 3.59. The minimum Gasteiger partial charge on any atom is -0.480 e. The number of amides is 2. The molecule has 3 aromatic carbocycles. The lowest BCUT2D eigenvalue weighted by molar-refractivity contribution is -0.139. The summed E-state index contributed by atoms with van der Waals surface area (Å²) in [5, 5.41) is 11.7. The Morgan fingerprint density at radius 2 is 1.72 bits per heavy atom. The summed E-state index contributed by atoms with van der Waals surface area (Å²) in [6, 6.07) is 10.8. The summed E-state index contributed by atoms with van der Waals surface area (Å²) in [4.78, 5) is 38.6. The van der Waals surface area contributed by atoms with Crippen LogP contribution in [-0.2, 0) is 21.4 Å². The van der Waals surface area contributed by atoms with Crippen molar-refractivity contribution in [2.24, 2.45) is 0 Å². The summed E-state index contributed by atoms with van der Waals surface area (Å²) < 4.78 is 42.8. The quantitative estimate of drug-likeness (QED) is 0.490. The summed E-state index contributed by atoms with van der Waals surface area (Å²) in [6.45, 7) is 0. The smallest absolute Gasteiger partial charge is 0.326 e. The van der Waals surface area contributed by atoms with Crippen molar-refractivity contribution in [2.75, 3.05) is 4.90 Å². The van der Waals surface area contributed by atoms with Gasteiger partial charge in [-0.1, -0.05) is 35.9 Å². The molecule has 1 aliphatic heterocycles. The number of rotatable bonds is 6. The molecule has 2 N–H and O–H groups in total. The molecule has 1 heterocycles. The van der Waals surface area contributed by atoms with Gasteiger partial charge in [-0.15, -0.1) is 0 Å². The molecule has 0 radical (unpaired) electrons. The minimum atomic E-state index is -1.41. The highest BCUT2D eigenvalue weighted by Crippen LogP contribution is 2.59. The maximum Gasteiger partial charge on any atom is 0.326 e. The van der Waals surface area contributed by atoms with Gasteiger partial charge >= 0.3 is 5.97 Å². The van der Waals surface area contributed by atoms with Crippen LogP contribution in [0.1, 0.15) is 34.3 Å². The third-order valence-corrected chi connectivity index (χ3v) is 6.91. The van der Waals surface area contributed by atoms with Crippen LogP contribution in [0, 0.1) is 17.5 Å². The molecule has 1 fully saturated rings. The first-order chi connectivity index (χ1) is 17.1. The monoisotopic (exact) mass is 514 g/mol. The zero-order chi connectivity index (χ0) is 25.8. The molecule has 184 valence electrons. The van der Waals surface area contributed by atoms with Crippen LogP contribution >= 0.6 is 11.6 Å². The molecule has 5 rings (SSSR count). The molecule has 1 saturated carbocycles. The van der Waals surface area contributed by atoms with Gasteiger partial charge in [0.15, 0.2) is 11.6 Å². The molecule has 2 aliphatic rings. The van der Waals surface area contributed by atoms with E-state index < -0.39 is 46.3 Å². The normalized spacial score (nSPS) is 16.1. The van der Waals surface area contributed by atoms with Crippen LogP contribution in [0.4, 0.5) is 24.5 Å². The number of halogens is 4. The van der Waals surface area contributed by atoms with Gasteiger partial charge in [-0.2, -0.15) is 0 Å². The lowest BCUT2D eigenvalue weighted by atomic mass is 9.98. The first-order valence-electron chi connectivity index (χ1n) is 11.0. The molecule has 6 nitrogen and oxygen atoms in total. The molecule has 3 aromatic rings. The van der Waals surface area contributed by atoms with Crippen molar-refractivity contribution in [1.29, 1.82) is 0 Å². The maximum atomic E-state index is 14.7. The van der Waals surface area contributed by atoms with Crippen molar-refractivity contribution in [1.82, 2.24) is 5.32 Å². The van der Waals surface area contributed by atoms with Crippen LogP contribution < -0.4 is 10.2 Å². The SMILES string of the molecule is O=C(N[C@@H](Cc1ccc(N2C(=O)C3(CC3)c3ccc(F)c(F)c32)cc1)C(=O)O)c1c(F)cccc1Cl. The Morgan fingerprint density at radius 1 is 1.03 bits per heavy atom. The Hall–Kier alpha value is -3.85. The summed E-state index contributed by atoms with van der Waals surface area (Å²) in [7, 11) is 0. The van der Waals surface area contributed by atoms with E-state index >= 15 is 0 Å². The van der Waals surface area contributed by atoms with E-state index in [2.05, 4.69) is 5.32 Å². The molecule has 0 bridgehead atoms. The van der Waals surface area contributed by atoms with Crippen molar-refractivity contribution >= 4 is 40.8 Å². The van der Waals surface area contributed by atoms with Crippen molar-refractivity contribution in [2.45, 2.75) is 30.7 Å². The number of fused-ring (bicyclic) bond motifs is 2. The van der Waals surface area contributed by atoms with Gasteiger partial charge in [0, 0.05) is 12.1 Å². The number of aliphatic carboxylic acids is 1. The van der Waals surface area contributed by atoms with E-state index in [0.29, 0.717) is 29.7 Å². The molecule has 10 heteroatoms. The largest absolute Gasteiger partial charge is 0.480 e. The van der Waals surface area contributed by atoms with Gasteiger partial charge in [0.05, 0.1) is 21.7 Å². The summed E-state index contributed by atoms with van der Waals surface area (Å²) in [5.74, 6) is -5.72. The van der Waals surface area contributed by atoms with Gasteiger partial charge < -0.3 is 10.4 Å². The predicted octanol–water partition coefficient (Wildman–Crippen LogP) is 4.89. The van der Waals surface area contributed by atoms with E-state index in [-0.39, 0.29) is 23.0 Å². The second-order valence-electron chi connectivity index (χ2n) is 8.81. The molecule has 0 saturated heterocycles. The molecule has 0 unspecified atom stereocenters. The zero-order valence-corrected chi connectivity index (χ0v) is 19.3. The topological polar surface area (TPSA) is 86.7 Å². The number of hydrogen-bond acceptors (Lipinski definition) is 3. The van der Waals surface area contributed by atoms with Crippen LogP contribution in [0.3, 0.4) is 0 Å². The Bertz CT molecular complexity index is 1400. The number of nitrogens with one attached hydrogen (secondary N) is 1. The van der Waals surface area contributed by atoms with E-state index in [9.17, 15) is 32.7 Å². The third-order valence-electron chi connectivity index (χ3n) is 6.60. The Morgan fingerprint density at radius 3 is 2.33 bits per heavy atom. The Balaban J connectivity index is 1.38. The number of hydrogen-bond donors (Lipinski definition) is 2. The predicted molar refractivity (Wildman–Crippen MR) is 125 cm³/mol. The number of benzene rings is 3. The van der Waals surface area contributed by atoms with Gasteiger partial charge in [-0.05, 0) is 54.3 Å². The number of carbonyl (C=O) groups is 3. The van der Waals surface area contributed by atoms with E-state index in [1.807, 2.05) is 0 Å². The molecule has 0 aromatic heterocycles. The van der Waals surface area contributed by atoms with Crippen LogP contribution in [-0.4, -0.2) is 28.9 Å². The van der Waals surface area contributed by atoms with Gasteiger partial charge in [0.25, 0.3) is 5.91 Å². The average molecular weight is 515 g/mol. The van der Waals surface area contributed by atoms with Crippen LogP contribution in [0.5, 0.6) is 0 Å². The molecule has 1 aliphatic carbocycles. The summed E-state index contributed by atoms with van der Waals surface area (Å²) >= 11 is 5.89. The van der Waals surface area contributed by atoms with Crippen molar-refractivity contribution in [3.05, 3.63) is 93.8 Å². The van der Waals surface area contributed by atoms with Crippen LogP contribution in [0.25, 0.3) is 0 Å². The second kappa shape index (κ2) is 8.67. The number of nitrogens with zero attached hydrogens (tertiary/aromatic N) is 1. The number of carbonyl (C=O) groups excluding carboxylic acids is 2. The fourth-order valence-electron chi connectivity index (χ4n) is 4.59. The molecule has 1 spiro atoms. The van der Waals surface area contributed by atoms with E-state index in [0.717, 1.165) is 17.0 Å². The zero-order valence-electron chi connectivity index (χ0n) is 18.5. The maximum absolute atomic E-state index is 14.7. The van der Waals surface area contributed by atoms with Crippen molar-refractivity contribution in [3.8, 4) is 0 Å². The molecule has 1 atom stereocenters. The number of carboxylic acid groups (broad SMARTS) is 1. The number of carboxylic acids is 1. The third kappa shape index (κ3) is 3.80. The van der Waals surface area contributed by atoms with E-state index in [4.69, 9.17) is 11.6 Å². The lowest BCUT2D eigenvalue weighted by Crippen LogP contribution is -2.42. The molecule has 2 amide bonds. The standard InChI is InChI=1S/C26H18ClF3N2O4/c27-16-2-1-3-17(28)20(16)23(33)31-19(24(34)35)12-13-4-6-14(7-5-13)32-22-15(8-9-18(29)21(22)30)26(10-11-26)25(32)36/h1-9,19H,10-12H2,(H,31,33)(H,34,35)/t19-/m0/s1. The molecular weight excluding hydrogens is 497 g/mol. The van der Waals surface area contributed by atoms with Crippen molar-refractivity contribution in [3.63, 3.8) is 0 Å².